The van der Waals surface area contributed by atoms with Crippen molar-refractivity contribution in [1.82, 2.24) is 4.98 Å². The van der Waals surface area contributed by atoms with Gasteiger partial charge in [-0.3, -0.25) is 14.5 Å². The van der Waals surface area contributed by atoms with Gasteiger partial charge in [0.05, 0.1) is 30.4 Å². The Balaban J connectivity index is 1.81. The fourth-order valence-corrected chi connectivity index (χ4v) is 4.15. The van der Waals surface area contributed by atoms with Crippen LogP contribution in [0.1, 0.15) is 44.6 Å². The molecule has 1 amide bonds. The summed E-state index contributed by atoms with van der Waals surface area (Å²) in [6.07, 6.45) is 2.70. The van der Waals surface area contributed by atoms with E-state index in [1.54, 1.807) is 26.0 Å². The number of furan rings is 2. The summed E-state index contributed by atoms with van der Waals surface area (Å²) >= 11 is 0.928. The second kappa shape index (κ2) is 7.64. The van der Waals surface area contributed by atoms with E-state index in [0.29, 0.717) is 5.69 Å². The van der Waals surface area contributed by atoms with Crippen LogP contribution >= 0.6 is 11.3 Å². The van der Waals surface area contributed by atoms with E-state index in [2.05, 4.69) is 4.98 Å². The third-order valence-corrected chi connectivity index (χ3v) is 5.60. The van der Waals surface area contributed by atoms with Crippen LogP contribution in [0.15, 0.2) is 57.0 Å². The summed E-state index contributed by atoms with van der Waals surface area (Å²) in [6, 6.07) is 5.05. The molecule has 3 aromatic rings. The summed E-state index contributed by atoms with van der Waals surface area (Å²) in [4.78, 5) is 43.8. The first-order chi connectivity index (χ1) is 14.4. The van der Waals surface area contributed by atoms with E-state index in [9.17, 15) is 19.5 Å². The van der Waals surface area contributed by atoms with E-state index in [1.165, 1.54) is 24.7 Å². The number of aliphatic hydroxyl groups excluding tert-OH is 1. The van der Waals surface area contributed by atoms with Crippen LogP contribution in [0.2, 0.25) is 0 Å². The minimum atomic E-state index is -1.08. The van der Waals surface area contributed by atoms with Crippen LogP contribution in [0.25, 0.3) is 0 Å². The van der Waals surface area contributed by atoms with Crippen LogP contribution in [0.3, 0.4) is 0 Å². The number of carbonyl (C=O) groups is 3. The SMILES string of the molecule is CCOC(=O)c1sc(N2C(=O)C(O)=C(C(=O)c3ccco3)[C@@H]2c2ccco2)nc1C. The van der Waals surface area contributed by atoms with Crippen molar-refractivity contribution in [2.24, 2.45) is 0 Å². The monoisotopic (exact) mass is 428 g/mol. The number of amides is 1. The first-order valence-electron chi connectivity index (χ1n) is 8.96. The van der Waals surface area contributed by atoms with Gasteiger partial charge in [0.15, 0.2) is 16.7 Å². The molecule has 10 heteroatoms. The molecule has 1 aliphatic heterocycles. The standard InChI is InChI=1S/C20H16N2O7S/c1-3-27-19(26)17-10(2)21-20(30-17)22-14(11-6-4-8-28-11)13(16(24)18(22)25)15(23)12-7-5-9-29-12/h4-9,14,24H,3H2,1-2H3/t14-/m0/s1. The zero-order valence-electron chi connectivity index (χ0n) is 15.9. The van der Waals surface area contributed by atoms with Crippen molar-refractivity contribution in [3.05, 3.63) is 70.2 Å². The molecule has 1 N–H and O–H groups in total. The summed E-state index contributed by atoms with van der Waals surface area (Å²) in [7, 11) is 0. The molecule has 1 atom stereocenters. The van der Waals surface area contributed by atoms with E-state index >= 15 is 0 Å². The number of Topliss-reactive ketones (excluding diaryl/α,β-unsaturated/α-hetero) is 1. The van der Waals surface area contributed by atoms with E-state index in [4.69, 9.17) is 13.6 Å². The Hall–Kier alpha value is -3.66. The van der Waals surface area contributed by atoms with Crippen LogP contribution in [0.4, 0.5) is 5.13 Å². The molecular weight excluding hydrogens is 412 g/mol. The molecule has 0 bridgehead atoms. The molecular formula is C20H16N2O7S. The molecule has 3 aromatic heterocycles. The summed E-state index contributed by atoms with van der Waals surface area (Å²) in [5.41, 5.74) is 0.167. The summed E-state index contributed by atoms with van der Waals surface area (Å²) in [5, 5.41) is 10.7. The molecule has 30 heavy (non-hydrogen) atoms. The number of ether oxygens (including phenoxy) is 1. The minimum absolute atomic E-state index is 0.0368. The number of esters is 1. The van der Waals surface area contributed by atoms with Crippen molar-refractivity contribution >= 4 is 34.1 Å². The molecule has 4 rings (SSSR count). The van der Waals surface area contributed by atoms with Crippen LogP contribution in [-0.4, -0.2) is 34.4 Å². The number of thiazole rings is 1. The first-order valence-corrected chi connectivity index (χ1v) is 9.78. The van der Waals surface area contributed by atoms with E-state index in [-0.39, 0.29) is 33.7 Å². The maximum atomic E-state index is 13.0. The second-order valence-corrected chi connectivity index (χ2v) is 7.27. The molecule has 154 valence electrons. The number of aryl methyl sites for hydroxylation is 1. The van der Waals surface area contributed by atoms with Crippen molar-refractivity contribution in [2.75, 3.05) is 11.5 Å². The lowest BCUT2D eigenvalue weighted by atomic mass is 10.00. The fraction of sp³-hybridized carbons (Fsp3) is 0.200. The van der Waals surface area contributed by atoms with Crippen LogP contribution in [0.5, 0.6) is 0 Å². The van der Waals surface area contributed by atoms with Crippen molar-refractivity contribution in [2.45, 2.75) is 19.9 Å². The smallest absolute Gasteiger partial charge is 0.350 e. The van der Waals surface area contributed by atoms with Gasteiger partial charge in [0.2, 0.25) is 5.78 Å². The number of aliphatic hydroxyl groups is 1. The molecule has 0 radical (unpaired) electrons. The molecule has 0 saturated carbocycles. The minimum Gasteiger partial charge on any atom is -0.503 e. The van der Waals surface area contributed by atoms with Gasteiger partial charge in [-0.25, -0.2) is 9.78 Å². The lowest BCUT2D eigenvalue weighted by molar-refractivity contribution is -0.117. The van der Waals surface area contributed by atoms with Gasteiger partial charge in [-0.2, -0.15) is 0 Å². The Morgan fingerprint density at radius 3 is 2.63 bits per heavy atom. The summed E-state index contributed by atoms with van der Waals surface area (Å²) < 4.78 is 15.6. The van der Waals surface area contributed by atoms with Gasteiger partial charge in [-0.05, 0) is 38.1 Å². The fourth-order valence-electron chi connectivity index (χ4n) is 3.16. The van der Waals surface area contributed by atoms with Crippen LogP contribution < -0.4 is 4.90 Å². The molecule has 0 spiro atoms. The average Bonchev–Trinajstić information content (AvgIpc) is 3.50. The van der Waals surface area contributed by atoms with Gasteiger partial charge in [0.25, 0.3) is 5.91 Å². The van der Waals surface area contributed by atoms with Gasteiger partial charge < -0.3 is 18.7 Å². The molecule has 0 aliphatic carbocycles. The van der Waals surface area contributed by atoms with Gasteiger partial charge in [0, 0.05) is 0 Å². The van der Waals surface area contributed by atoms with Crippen molar-refractivity contribution in [3.8, 4) is 0 Å². The molecule has 0 fully saturated rings. The topological polar surface area (TPSA) is 123 Å². The molecule has 9 nitrogen and oxygen atoms in total. The van der Waals surface area contributed by atoms with Gasteiger partial charge in [-0.1, -0.05) is 11.3 Å². The Kier molecular flexibility index (Phi) is 5.00. The molecule has 0 saturated heterocycles. The summed E-state index contributed by atoms with van der Waals surface area (Å²) in [6.45, 7) is 3.48. The maximum absolute atomic E-state index is 13.0. The molecule has 0 unspecified atom stereocenters. The lowest BCUT2D eigenvalue weighted by Gasteiger charge is -2.21. The zero-order chi connectivity index (χ0) is 21.4. The third-order valence-electron chi connectivity index (χ3n) is 4.46. The molecule has 4 heterocycles. The Labute approximate surface area is 174 Å². The van der Waals surface area contributed by atoms with Crippen molar-refractivity contribution in [1.29, 1.82) is 0 Å². The Morgan fingerprint density at radius 2 is 2.00 bits per heavy atom. The second-order valence-electron chi connectivity index (χ2n) is 6.29. The predicted octanol–water partition coefficient (Wildman–Crippen LogP) is 3.60. The van der Waals surface area contributed by atoms with Gasteiger partial charge in [0.1, 0.15) is 16.7 Å². The maximum Gasteiger partial charge on any atom is 0.350 e. The number of rotatable bonds is 6. The Morgan fingerprint density at radius 1 is 1.27 bits per heavy atom. The largest absolute Gasteiger partial charge is 0.503 e. The number of hydrogen-bond donors (Lipinski definition) is 1. The van der Waals surface area contributed by atoms with E-state index in [1.807, 2.05) is 0 Å². The van der Waals surface area contributed by atoms with E-state index < -0.39 is 29.5 Å². The number of aromatic nitrogens is 1. The Bertz CT molecular complexity index is 1140. The zero-order valence-corrected chi connectivity index (χ0v) is 16.8. The van der Waals surface area contributed by atoms with Crippen molar-refractivity contribution < 1.29 is 33.1 Å². The highest BCUT2D eigenvalue weighted by atomic mass is 32.1. The number of hydrogen-bond acceptors (Lipinski definition) is 9. The van der Waals surface area contributed by atoms with Gasteiger partial charge in [-0.15, -0.1) is 0 Å². The lowest BCUT2D eigenvalue weighted by Crippen LogP contribution is -2.30. The molecule has 1 aliphatic rings. The van der Waals surface area contributed by atoms with Gasteiger partial charge >= 0.3 is 5.97 Å². The first kappa shape index (κ1) is 19.6. The highest BCUT2D eigenvalue weighted by Crippen LogP contribution is 2.43. The highest BCUT2D eigenvalue weighted by molar-refractivity contribution is 7.17. The quantitative estimate of drug-likeness (QED) is 0.467. The number of carbonyl (C=O) groups excluding carboxylic acids is 3. The van der Waals surface area contributed by atoms with E-state index in [0.717, 1.165) is 16.2 Å². The highest BCUT2D eigenvalue weighted by Gasteiger charge is 2.48. The van der Waals surface area contributed by atoms with Crippen LogP contribution in [-0.2, 0) is 9.53 Å². The average molecular weight is 428 g/mol. The number of anilines is 1. The number of nitrogens with zero attached hydrogens (tertiary/aromatic N) is 2. The summed E-state index contributed by atoms with van der Waals surface area (Å²) in [5.74, 6) is -2.59. The normalized spacial score (nSPS) is 16.4. The predicted molar refractivity (Wildman–Crippen MR) is 104 cm³/mol. The third kappa shape index (κ3) is 3.11. The molecule has 0 aromatic carbocycles. The van der Waals surface area contributed by atoms with Crippen molar-refractivity contribution in [3.63, 3.8) is 0 Å². The number of ketones is 1. The van der Waals surface area contributed by atoms with Crippen LogP contribution in [0, 0.1) is 6.92 Å².